The van der Waals surface area contributed by atoms with Crippen LogP contribution in [0.5, 0.6) is 5.75 Å². The molecule has 0 spiro atoms. The molecule has 2 rings (SSSR count). The topological polar surface area (TPSA) is 77.2 Å². The Labute approximate surface area is 146 Å². The zero-order chi connectivity index (χ0) is 15.9. The standard InChI is InChI=1S/C16H21N3O2S.ClH/c1-11(2)21-14-6-4-3-5-12(14)9-18-16(20)13-10-22-15(19-13)7-8-17;/h3-6,10-11H,7-9,17H2,1-2H3,(H,18,20);1H. The fourth-order valence-corrected chi connectivity index (χ4v) is 2.73. The van der Waals surface area contributed by atoms with Gasteiger partial charge in [-0.05, 0) is 26.5 Å². The summed E-state index contributed by atoms with van der Waals surface area (Å²) in [6, 6.07) is 7.70. The lowest BCUT2D eigenvalue weighted by atomic mass is 10.2. The third kappa shape index (κ3) is 5.82. The zero-order valence-corrected chi connectivity index (χ0v) is 14.9. The second kappa shape index (κ2) is 9.50. The summed E-state index contributed by atoms with van der Waals surface area (Å²) in [6.45, 7) is 4.90. The third-order valence-electron chi connectivity index (χ3n) is 2.92. The number of rotatable bonds is 7. The van der Waals surface area contributed by atoms with Crippen molar-refractivity contribution in [2.24, 2.45) is 5.73 Å². The number of amides is 1. The zero-order valence-electron chi connectivity index (χ0n) is 13.2. The van der Waals surface area contributed by atoms with Gasteiger partial charge in [0.1, 0.15) is 11.4 Å². The lowest BCUT2D eigenvalue weighted by Crippen LogP contribution is -2.23. The Bertz CT molecular complexity index is 631. The van der Waals surface area contributed by atoms with Gasteiger partial charge in [-0.3, -0.25) is 4.79 Å². The van der Waals surface area contributed by atoms with E-state index in [1.807, 2.05) is 38.1 Å². The van der Waals surface area contributed by atoms with Crippen molar-refractivity contribution in [3.8, 4) is 5.75 Å². The molecular weight excluding hydrogens is 334 g/mol. The van der Waals surface area contributed by atoms with Crippen LogP contribution in [0, 0.1) is 0 Å². The van der Waals surface area contributed by atoms with Crippen molar-refractivity contribution < 1.29 is 9.53 Å². The smallest absolute Gasteiger partial charge is 0.271 e. The van der Waals surface area contributed by atoms with Gasteiger partial charge in [0.25, 0.3) is 5.91 Å². The van der Waals surface area contributed by atoms with E-state index >= 15 is 0 Å². The summed E-state index contributed by atoms with van der Waals surface area (Å²) < 4.78 is 5.74. The number of hydrogen-bond acceptors (Lipinski definition) is 5. The van der Waals surface area contributed by atoms with Crippen LogP contribution in [0.3, 0.4) is 0 Å². The van der Waals surface area contributed by atoms with E-state index < -0.39 is 0 Å². The van der Waals surface area contributed by atoms with Crippen molar-refractivity contribution in [1.82, 2.24) is 10.3 Å². The van der Waals surface area contributed by atoms with Gasteiger partial charge in [0.15, 0.2) is 0 Å². The van der Waals surface area contributed by atoms with Gasteiger partial charge >= 0.3 is 0 Å². The highest BCUT2D eigenvalue weighted by molar-refractivity contribution is 7.09. The minimum absolute atomic E-state index is 0. The summed E-state index contributed by atoms with van der Waals surface area (Å²) in [5, 5.41) is 5.52. The molecule has 0 aliphatic carbocycles. The fourth-order valence-electron chi connectivity index (χ4n) is 1.94. The van der Waals surface area contributed by atoms with Crippen molar-refractivity contribution in [2.45, 2.75) is 32.9 Å². The maximum Gasteiger partial charge on any atom is 0.271 e. The molecule has 0 unspecified atom stereocenters. The monoisotopic (exact) mass is 355 g/mol. The molecule has 1 heterocycles. The van der Waals surface area contributed by atoms with Crippen molar-refractivity contribution >= 4 is 29.7 Å². The first-order chi connectivity index (χ1) is 10.6. The highest BCUT2D eigenvalue weighted by Crippen LogP contribution is 2.19. The first-order valence-corrected chi connectivity index (χ1v) is 8.15. The third-order valence-corrected chi connectivity index (χ3v) is 3.83. The Morgan fingerprint density at radius 1 is 1.39 bits per heavy atom. The van der Waals surface area contributed by atoms with Crippen molar-refractivity contribution in [3.05, 3.63) is 45.9 Å². The van der Waals surface area contributed by atoms with Crippen molar-refractivity contribution in [2.75, 3.05) is 6.54 Å². The minimum Gasteiger partial charge on any atom is -0.491 e. The molecule has 1 aromatic heterocycles. The molecule has 0 saturated carbocycles. The highest BCUT2D eigenvalue weighted by atomic mass is 35.5. The molecule has 7 heteroatoms. The van der Waals surface area contributed by atoms with E-state index in [2.05, 4.69) is 10.3 Å². The summed E-state index contributed by atoms with van der Waals surface area (Å²) in [7, 11) is 0. The molecule has 2 aromatic rings. The number of nitrogens with one attached hydrogen (secondary N) is 1. The van der Waals surface area contributed by atoms with Crippen LogP contribution in [0.1, 0.15) is 34.9 Å². The number of hydrogen-bond donors (Lipinski definition) is 2. The molecule has 0 aliphatic heterocycles. The van der Waals surface area contributed by atoms with Crippen LogP contribution >= 0.6 is 23.7 Å². The minimum atomic E-state index is -0.182. The van der Waals surface area contributed by atoms with Crippen LogP contribution in [0.4, 0.5) is 0 Å². The number of thiazole rings is 1. The van der Waals surface area contributed by atoms with E-state index in [0.717, 1.165) is 16.3 Å². The van der Waals surface area contributed by atoms with Crippen molar-refractivity contribution in [3.63, 3.8) is 0 Å². The average Bonchev–Trinajstić information content (AvgIpc) is 2.94. The first-order valence-electron chi connectivity index (χ1n) is 7.27. The summed E-state index contributed by atoms with van der Waals surface area (Å²) in [6.07, 6.45) is 0.789. The molecule has 5 nitrogen and oxygen atoms in total. The second-order valence-corrected chi connectivity index (χ2v) is 6.06. The average molecular weight is 356 g/mol. The van der Waals surface area contributed by atoms with Crippen LogP contribution in [-0.2, 0) is 13.0 Å². The molecule has 1 amide bonds. The first kappa shape index (κ1) is 19.4. The number of carbonyl (C=O) groups is 1. The lowest BCUT2D eigenvalue weighted by Gasteiger charge is -2.14. The van der Waals surface area contributed by atoms with Crippen LogP contribution in [0.2, 0.25) is 0 Å². The van der Waals surface area contributed by atoms with Gasteiger partial charge in [0, 0.05) is 23.9 Å². The Kier molecular flexibility index (Phi) is 8.02. The van der Waals surface area contributed by atoms with E-state index in [1.165, 1.54) is 11.3 Å². The van der Waals surface area contributed by atoms with Gasteiger partial charge in [-0.15, -0.1) is 23.7 Å². The maximum atomic E-state index is 12.1. The molecule has 0 bridgehead atoms. The lowest BCUT2D eigenvalue weighted by molar-refractivity contribution is 0.0946. The number of ether oxygens (including phenoxy) is 1. The van der Waals surface area contributed by atoms with Crippen LogP contribution in [0.15, 0.2) is 29.6 Å². The van der Waals surface area contributed by atoms with Gasteiger partial charge in [-0.2, -0.15) is 0 Å². The van der Waals surface area contributed by atoms with Crippen molar-refractivity contribution in [1.29, 1.82) is 0 Å². The normalized spacial score (nSPS) is 10.3. The van der Waals surface area contributed by atoms with Crippen LogP contribution in [-0.4, -0.2) is 23.5 Å². The molecule has 0 saturated heterocycles. The number of nitrogens with zero attached hydrogens (tertiary/aromatic N) is 1. The van der Waals surface area contributed by atoms with Crippen LogP contribution in [0.25, 0.3) is 0 Å². The molecule has 0 radical (unpaired) electrons. The van der Waals surface area contributed by atoms with Gasteiger partial charge in [0.2, 0.25) is 0 Å². The number of carbonyl (C=O) groups excluding carboxylic acids is 1. The van der Waals surface area contributed by atoms with E-state index in [1.54, 1.807) is 5.38 Å². The summed E-state index contributed by atoms with van der Waals surface area (Å²) in [5.74, 6) is 0.610. The number of para-hydroxylation sites is 1. The molecule has 126 valence electrons. The van der Waals surface area contributed by atoms with E-state index in [9.17, 15) is 4.79 Å². The van der Waals surface area contributed by atoms with Gasteiger partial charge in [-0.1, -0.05) is 18.2 Å². The van der Waals surface area contributed by atoms with Gasteiger partial charge in [-0.25, -0.2) is 4.98 Å². The molecule has 0 aliphatic rings. The van der Waals surface area contributed by atoms with E-state index in [4.69, 9.17) is 10.5 Å². The van der Waals surface area contributed by atoms with Crippen LogP contribution < -0.4 is 15.8 Å². The Morgan fingerprint density at radius 3 is 2.83 bits per heavy atom. The summed E-state index contributed by atoms with van der Waals surface area (Å²) in [4.78, 5) is 16.4. The SMILES string of the molecule is CC(C)Oc1ccccc1CNC(=O)c1csc(CCN)n1.Cl. The molecule has 3 N–H and O–H groups in total. The molecular formula is C16H22ClN3O2S. The highest BCUT2D eigenvalue weighted by Gasteiger charge is 2.12. The summed E-state index contributed by atoms with van der Waals surface area (Å²) >= 11 is 1.46. The Morgan fingerprint density at radius 2 is 2.13 bits per heavy atom. The Balaban J connectivity index is 0.00000264. The van der Waals surface area contributed by atoms with Gasteiger partial charge in [0.05, 0.1) is 11.1 Å². The maximum absolute atomic E-state index is 12.1. The Hall–Kier alpha value is -1.63. The number of aromatic nitrogens is 1. The number of nitrogens with two attached hydrogens (primary N) is 1. The second-order valence-electron chi connectivity index (χ2n) is 5.12. The molecule has 23 heavy (non-hydrogen) atoms. The molecule has 1 aromatic carbocycles. The number of halogens is 1. The molecule has 0 atom stereocenters. The van der Waals surface area contributed by atoms with E-state index in [-0.39, 0.29) is 24.4 Å². The molecule has 0 fully saturated rings. The quantitative estimate of drug-likeness (QED) is 0.800. The van der Waals surface area contributed by atoms with Gasteiger partial charge < -0.3 is 15.8 Å². The number of benzene rings is 1. The fraction of sp³-hybridized carbons (Fsp3) is 0.375. The largest absolute Gasteiger partial charge is 0.491 e. The van der Waals surface area contributed by atoms with E-state index in [0.29, 0.717) is 25.2 Å². The summed E-state index contributed by atoms with van der Waals surface area (Å²) in [5.41, 5.74) is 6.88. The predicted octanol–water partition coefficient (Wildman–Crippen LogP) is 2.78. The predicted molar refractivity (Wildman–Crippen MR) is 95.5 cm³/mol.